The monoisotopic (exact) mass is 253 g/mol. The van der Waals surface area contributed by atoms with E-state index in [-0.39, 0.29) is 0 Å². The highest BCUT2D eigenvalue weighted by Gasteiger charge is 2.17. The van der Waals surface area contributed by atoms with Crippen molar-refractivity contribution in [1.29, 1.82) is 0 Å². The summed E-state index contributed by atoms with van der Waals surface area (Å²) in [5, 5.41) is 0. The summed E-state index contributed by atoms with van der Waals surface area (Å²) < 4.78 is 0. The Morgan fingerprint density at radius 3 is 3.05 bits per heavy atom. The van der Waals surface area contributed by atoms with E-state index in [1.807, 2.05) is 24.5 Å². The van der Waals surface area contributed by atoms with Crippen LogP contribution in [0.25, 0.3) is 0 Å². The lowest BCUT2D eigenvalue weighted by Crippen LogP contribution is -2.30. The summed E-state index contributed by atoms with van der Waals surface area (Å²) in [6, 6.07) is 8.44. The van der Waals surface area contributed by atoms with Crippen molar-refractivity contribution in [3.8, 4) is 0 Å². The van der Waals surface area contributed by atoms with Gasteiger partial charge in [-0.15, -0.1) is 0 Å². The van der Waals surface area contributed by atoms with E-state index in [1.54, 1.807) is 0 Å². The molecule has 2 N–H and O–H groups in total. The molecule has 3 nitrogen and oxygen atoms in total. The zero-order valence-corrected chi connectivity index (χ0v) is 11.3. The maximum Gasteiger partial charge on any atom is 0.0350 e. The SMILES string of the molecule is Cc1cncc(CN2CCc3c(N)cccc3C2)c1. The Morgan fingerprint density at radius 1 is 1.32 bits per heavy atom. The molecule has 0 saturated carbocycles. The smallest absolute Gasteiger partial charge is 0.0350 e. The molecule has 0 spiro atoms. The van der Waals surface area contributed by atoms with Gasteiger partial charge in [0, 0.05) is 37.7 Å². The normalized spacial score (nSPS) is 15.2. The van der Waals surface area contributed by atoms with E-state index in [1.165, 1.54) is 22.3 Å². The molecule has 0 fully saturated rings. The fourth-order valence-electron chi connectivity index (χ4n) is 2.79. The predicted molar refractivity (Wildman–Crippen MR) is 77.6 cm³/mol. The molecule has 0 unspecified atom stereocenters. The number of aromatic nitrogens is 1. The lowest BCUT2D eigenvalue weighted by molar-refractivity contribution is 0.245. The highest BCUT2D eigenvalue weighted by Crippen LogP contribution is 2.24. The second-order valence-electron chi connectivity index (χ2n) is 5.32. The van der Waals surface area contributed by atoms with Crippen LogP contribution in [0.4, 0.5) is 5.69 Å². The molecular weight excluding hydrogens is 234 g/mol. The second kappa shape index (κ2) is 5.02. The molecule has 2 aromatic rings. The summed E-state index contributed by atoms with van der Waals surface area (Å²) in [7, 11) is 0. The Bertz CT molecular complexity index is 592. The molecule has 1 aliphatic heterocycles. The lowest BCUT2D eigenvalue weighted by atomic mass is 9.97. The summed E-state index contributed by atoms with van der Waals surface area (Å²) >= 11 is 0. The molecular formula is C16H19N3. The van der Waals surface area contributed by atoms with Crippen LogP contribution in [0.5, 0.6) is 0 Å². The number of nitrogens with two attached hydrogens (primary N) is 1. The van der Waals surface area contributed by atoms with Crippen molar-refractivity contribution in [3.05, 3.63) is 58.9 Å². The molecule has 3 heteroatoms. The van der Waals surface area contributed by atoms with Crippen LogP contribution in [0.2, 0.25) is 0 Å². The van der Waals surface area contributed by atoms with Crippen molar-refractivity contribution >= 4 is 5.69 Å². The average Bonchev–Trinajstić information content (AvgIpc) is 2.39. The number of anilines is 1. The van der Waals surface area contributed by atoms with E-state index in [2.05, 4.69) is 28.9 Å². The van der Waals surface area contributed by atoms with Gasteiger partial charge in [-0.2, -0.15) is 0 Å². The molecule has 0 atom stereocenters. The molecule has 1 aromatic heterocycles. The number of aryl methyl sites for hydroxylation is 1. The van der Waals surface area contributed by atoms with Crippen LogP contribution in [-0.4, -0.2) is 16.4 Å². The van der Waals surface area contributed by atoms with Gasteiger partial charge in [0.1, 0.15) is 0 Å². The van der Waals surface area contributed by atoms with Gasteiger partial charge >= 0.3 is 0 Å². The number of nitrogens with zero attached hydrogens (tertiary/aromatic N) is 2. The molecule has 0 amide bonds. The van der Waals surface area contributed by atoms with Crippen molar-refractivity contribution in [2.75, 3.05) is 12.3 Å². The molecule has 0 saturated heterocycles. The van der Waals surface area contributed by atoms with Crippen LogP contribution in [0.3, 0.4) is 0 Å². The Labute approximate surface area is 114 Å². The van der Waals surface area contributed by atoms with E-state index in [0.717, 1.165) is 31.7 Å². The first-order valence-corrected chi connectivity index (χ1v) is 6.71. The number of benzene rings is 1. The maximum absolute atomic E-state index is 6.03. The molecule has 0 aliphatic carbocycles. The number of hydrogen-bond acceptors (Lipinski definition) is 3. The van der Waals surface area contributed by atoms with Crippen molar-refractivity contribution in [2.45, 2.75) is 26.4 Å². The van der Waals surface area contributed by atoms with Crippen molar-refractivity contribution < 1.29 is 0 Å². The number of nitrogen functional groups attached to an aromatic ring is 1. The van der Waals surface area contributed by atoms with Gasteiger partial charge in [0.05, 0.1) is 0 Å². The summed E-state index contributed by atoms with van der Waals surface area (Å²) in [4.78, 5) is 6.72. The Kier molecular flexibility index (Phi) is 3.22. The molecule has 98 valence electrons. The fraction of sp³-hybridized carbons (Fsp3) is 0.312. The van der Waals surface area contributed by atoms with Crippen molar-refractivity contribution in [1.82, 2.24) is 9.88 Å². The molecule has 2 heterocycles. The van der Waals surface area contributed by atoms with Gasteiger partial charge in [0.2, 0.25) is 0 Å². The predicted octanol–water partition coefficient (Wildman–Crippen LogP) is 2.53. The Balaban J connectivity index is 1.76. The van der Waals surface area contributed by atoms with Crippen molar-refractivity contribution in [3.63, 3.8) is 0 Å². The van der Waals surface area contributed by atoms with E-state index in [0.29, 0.717) is 0 Å². The van der Waals surface area contributed by atoms with Crippen LogP contribution in [0.1, 0.15) is 22.3 Å². The van der Waals surface area contributed by atoms with E-state index >= 15 is 0 Å². The van der Waals surface area contributed by atoms with Gasteiger partial charge in [-0.05, 0) is 41.7 Å². The summed E-state index contributed by atoms with van der Waals surface area (Å²) in [6.45, 7) is 5.09. The van der Waals surface area contributed by atoms with Crippen LogP contribution < -0.4 is 5.73 Å². The van der Waals surface area contributed by atoms with Gasteiger partial charge in [0.15, 0.2) is 0 Å². The van der Waals surface area contributed by atoms with E-state index in [9.17, 15) is 0 Å². The number of fused-ring (bicyclic) bond motifs is 1. The third kappa shape index (κ3) is 2.61. The quantitative estimate of drug-likeness (QED) is 0.836. The first kappa shape index (κ1) is 12.2. The molecule has 1 aromatic carbocycles. The zero-order valence-electron chi connectivity index (χ0n) is 11.3. The first-order chi connectivity index (χ1) is 9.22. The van der Waals surface area contributed by atoms with Crippen LogP contribution in [-0.2, 0) is 19.5 Å². The lowest BCUT2D eigenvalue weighted by Gasteiger charge is -2.29. The van der Waals surface area contributed by atoms with Crippen molar-refractivity contribution in [2.24, 2.45) is 0 Å². The first-order valence-electron chi connectivity index (χ1n) is 6.71. The van der Waals surface area contributed by atoms with Crippen LogP contribution in [0, 0.1) is 6.92 Å². The highest BCUT2D eigenvalue weighted by molar-refractivity contribution is 5.51. The van der Waals surface area contributed by atoms with Crippen LogP contribution in [0.15, 0.2) is 36.7 Å². The number of hydrogen-bond donors (Lipinski definition) is 1. The molecule has 0 radical (unpaired) electrons. The molecule has 0 bridgehead atoms. The minimum absolute atomic E-state index is 0.939. The topological polar surface area (TPSA) is 42.2 Å². The summed E-state index contributed by atoms with van der Waals surface area (Å²) in [5.74, 6) is 0. The maximum atomic E-state index is 6.03. The largest absolute Gasteiger partial charge is 0.398 e. The summed E-state index contributed by atoms with van der Waals surface area (Å²) in [5.41, 5.74) is 12.2. The third-order valence-electron chi connectivity index (χ3n) is 3.72. The van der Waals surface area contributed by atoms with Crippen LogP contribution >= 0.6 is 0 Å². The third-order valence-corrected chi connectivity index (χ3v) is 3.72. The highest BCUT2D eigenvalue weighted by atomic mass is 15.1. The molecule has 3 rings (SSSR count). The molecule has 19 heavy (non-hydrogen) atoms. The van der Waals surface area contributed by atoms with E-state index < -0.39 is 0 Å². The Morgan fingerprint density at radius 2 is 2.21 bits per heavy atom. The molecule has 1 aliphatic rings. The standard InChI is InChI=1S/C16H19N3/c1-12-7-13(9-18-8-12)10-19-6-5-15-14(11-19)3-2-4-16(15)17/h2-4,7-9H,5-6,10-11,17H2,1H3. The number of pyridine rings is 1. The Hall–Kier alpha value is -1.87. The average molecular weight is 253 g/mol. The second-order valence-corrected chi connectivity index (χ2v) is 5.32. The minimum Gasteiger partial charge on any atom is -0.398 e. The van der Waals surface area contributed by atoms with Gasteiger partial charge in [-0.3, -0.25) is 9.88 Å². The van der Waals surface area contributed by atoms with Gasteiger partial charge in [-0.1, -0.05) is 18.2 Å². The van der Waals surface area contributed by atoms with Gasteiger partial charge < -0.3 is 5.73 Å². The zero-order chi connectivity index (χ0) is 13.2. The number of rotatable bonds is 2. The summed E-state index contributed by atoms with van der Waals surface area (Å²) in [6.07, 6.45) is 4.90. The van der Waals surface area contributed by atoms with Gasteiger partial charge in [0.25, 0.3) is 0 Å². The van der Waals surface area contributed by atoms with Gasteiger partial charge in [-0.25, -0.2) is 0 Å². The minimum atomic E-state index is 0.939. The fourth-order valence-corrected chi connectivity index (χ4v) is 2.79. The van der Waals surface area contributed by atoms with E-state index in [4.69, 9.17) is 5.73 Å².